The average molecular weight is 115 g/mol. The highest BCUT2D eigenvalue weighted by molar-refractivity contribution is 4.79. The van der Waals surface area contributed by atoms with E-state index in [2.05, 4.69) is 12.2 Å². The van der Waals surface area contributed by atoms with Crippen molar-refractivity contribution in [1.29, 1.82) is 0 Å². The van der Waals surface area contributed by atoms with Crippen molar-refractivity contribution in [2.24, 2.45) is 5.92 Å². The van der Waals surface area contributed by atoms with Crippen molar-refractivity contribution in [2.45, 2.75) is 19.4 Å². The second-order valence-corrected chi connectivity index (χ2v) is 2.51. The fraction of sp³-hybridized carbons (Fsp3) is 1.00. The van der Waals surface area contributed by atoms with Gasteiger partial charge in [-0.2, -0.15) is 0 Å². The zero-order chi connectivity index (χ0) is 5.98. The number of hydrogen-bond acceptors (Lipinski definition) is 2. The van der Waals surface area contributed by atoms with E-state index < -0.39 is 0 Å². The summed E-state index contributed by atoms with van der Waals surface area (Å²) >= 11 is 0. The van der Waals surface area contributed by atoms with Gasteiger partial charge >= 0.3 is 0 Å². The van der Waals surface area contributed by atoms with Crippen LogP contribution in [0.3, 0.4) is 0 Å². The molecule has 0 radical (unpaired) electrons. The molecular weight excluding hydrogens is 102 g/mol. The van der Waals surface area contributed by atoms with Crippen LogP contribution in [0.5, 0.6) is 0 Å². The van der Waals surface area contributed by atoms with Crippen molar-refractivity contribution in [3.63, 3.8) is 0 Å². The first-order valence-electron chi connectivity index (χ1n) is 3.19. The summed E-state index contributed by atoms with van der Waals surface area (Å²) in [6.45, 7) is 3.54. The fourth-order valence-corrected chi connectivity index (χ4v) is 1.14. The molecule has 1 heterocycles. The Hall–Kier alpha value is -0.0800. The van der Waals surface area contributed by atoms with Crippen LogP contribution in [-0.4, -0.2) is 24.3 Å². The molecule has 1 aliphatic heterocycles. The Balaban J connectivity index is 2.30. The number of rotatable bonds is 1. The SMILES string of the molecule is C[C@@H]1CCN[C@H]1CO. The molecule has 1 rings (SSSR count). The molecule has 0 aliphatic carbocycles. The lowest BCUT2D eigenvalue weighted by atomic mass is 10.1. The molecule has 48 valence electrons. The van der Waals surface area contributed by atoms with Gasteiger partial charge < -0.3 is 10.4 Å². The number of aliphatic hydroxyl groups is 1. The molecule has 0 aromatic rings. The molecule has 0 bridgehead atoms. The summed E-state index contributed by atoms with van der Waals surface area (Å²) in [4.78, 5) is 0. The summed E-state index contributed by atoms with van der Waals surface area (Å²) in [5.41, 5.74) is 0. The van der Waals surface area contributed by atoms with E-state index in [0.717, 1.165) is 6.54 Å². The Bertz CT molecular complexity index is 74.9. The molecule has 2 atom stereocenters. The summed E-state index contributed by atoms with van der Waals surface area (Å²) in [5.74, 6) is 0.667. The first kappa shape index (κ1) is 6.05. The molecule has 0 aromatic carbocycles. The largest absolute Gasteiger partial charge is 0.395 e. The van der Waals surface area contributed by atoms with Crippen molar-refractivity contribution in [2.75, 3.05) is 13.2 Å². The lowest BCUT2D eigenvalue weighted by molar-refractivity contribution is 0.233. The maximum absolute atomic E-state index is 8.67. The van der Waals surface area contributed by atoms with Crippen molar-refractivity contribution in [3.8, 4) is 0 Å². The van der Waals surface area contributed by atoms with Crippen LogP contribution in [0.2, 0.25) is 0 Å². The summed E-state index contributed by atoms with van der Waals surface area (Å²) in [6, 6.07) is 0.370. The molecule has 0 amide bonds. The van der Waals surface area contributed by atoms with Gasteiger partial charge in [-0.15, -0.1) is 0 Å². The van der Waals surface area contributed by atoms with Crippen molar-refractivity contribution < 1.29 is 5.11 Å². The van der Waals surface area contributed by atoms with E-state index in [9.17, 15) is 0 Å². The quantitative estimate of drug-likeness (QED) is 0.503. The molecule has 2 N–H and O–H groups in total. The van der Waals surface area contributed by atoms with Gasteiger partial charge in [0.1, 0.15) is 0 Å². The Labute approximate surface area is 49.9 Å². The molecule has 1 fully saturated rings. The number of aliphatic hydroxyl groups excluding tert-OH is 1. The molecular formula is C6H13NO. The maximum atomic E-state index is 8.67. The van der Waals surface area contributed by atoms with Crippen LogP contribution in [0.25, 0.3) is 0 Å². The van der Waals surface area contributed by atoms with Gasteiger partial charge in [0, 0.05) is 6.04 Å². The Kier molecular flexibility index (Phi) is 1.86. The highest BCUT2D eigenvalue weighted by Gasteiger charge is 2.20. The summed E-state index contributed by atoms with van der Waals surface area (Å²) in [5, 5.41) is 11.9. The zero-order valence-electron chi connectivity index (χ0n) is 5.22. The van der Waals surface area contributed by atoms with Gasteiger partial charge in [0.15, 0.2) is 0 Å². The third kappa shape index (κ3) is 1.01. The van der Waals surface area contributed by atoms with Crippen molar-refractivity contribution in [3.05, 3.63) is 0 Å². The van der Waals surface area contributed by atoms with Crippen LogP contribution in [0.4, 0.5) is 0 Å². The van der Waals surface area contributed by atoms with Gasteiger partial charge in [0.2, 0.25) is 0 Å². The van der Waals surface area contributed by atoms with Gasteiger partial charge in [0.25, 0.3) is 0 Å². The summed E-state index contributed by atoms with van der Waals surface area (Å²) in [7, 11) is 0. The molecule has 0 saturated carbocycles. The van der Waals surface area contributed by atoms with Gasteiger partial charge in [0.05, 0.1) is 6.61 Å². The minimum absolute atomic E-state index is 0.293. The first-order chi connectivity index (χ1) is 3.84. The topological polar surface area (TPSA) is 32.3 Å². The van der Waals surface area contributed by atoms with Crippen LogP contribution in [0.15, 0.2) is 0 Å². The zero-order valence-corrected chi connectivity index (χ0v) is 5.22. The van der Waals surface area contributed by atoms with Crippen LogP contribution in [-0.2, 0) is 0 Å². The van der Waals surface area contributed by atoms with Crippen LogP contribution in [0.1, 0.15) is 13.3 Å². The van der Waals surface area contributed by atoms with Crippen molar-refractivity contribution >= 4 is 0 Å². The number of hydrogen-bond donors (Lipinski definition) is 2. The van der Waals surface area contributed by atoms with Crippen LogP contribution >= 0.6 is 0 Å². The molecule has 0 unspecified atom stereocenters. The van der Waals surface area contributed by atoms with E-state index in [1.165, 1.54) is 6.42 Å². The Morgan fingerprint density at radius 1 is 1.75 bits per heavy atom. The Morgan fingerprint density at radius 3 is 2.75 bits per heavy atom. The van der Waals surface area contributed by atoms with E-state index in [4.69, 9.17) is 5.11 Å². The third-order valence-electron chi connectivity index (χ3n) is 1.89. The minimum Gasteiger partial charge on any atom is -0.395 e. The lowest BCUT2D eigenvalue weighted by Gasteiger charge is -2.10. The number of nitrogens with one attached hydrogen (secondary N) is 1. The molecule has 1 aliphatic rings. The van der Waals surface area contributed by atoms with E-state index in [1.807, 2.05) is 0 Å². The maximum Gasteiger partial charge on any atom is 0.0587 e. The van der Waals surface area contributed by atoms with Crippen molar-refractivity contribution in [1.82, 2.24) is 5.32 Å². The van der Waals surface area contributed by atoms with Gasteiger partial charge in [-0.3, -0.25) is 0 Å². The third-order valence-corrected chi connectivity index (χ3v) is 1.89. The smallest absolute Gasteiger partial charge is 0.0587 e. The molecule has 2 nitrogen and oxygen atoms in total. The van der Waals surface area contributed by atoms with E-state index in [0.29, 0.717) is 18.6 Å². The summed E-state index contributed by atoms with van der Waals surface area (Å²) in [6.07, 6.45) is 1.21. The standard InChI is InChI=1S/C6H13NO/c1-5-2-3-7-6(5)4-8/h5-8H,2-4H2,1H3/t5-,6+/m1/s1. The molecule has 8 heavy (non-hydrogen) atoms. The predicted octanol–water partition coefficient (Wildman–Crippen LogP) is -0.0233. The van der Waals surface area contributed by atoms with Gasteiger partial charge in [-0.05, 0) is 18.9 Å². The van der Waals surface area contributed by atoms with Crippen LogP contribution in [0, 0.1) is 5.92 Å². The molecule has 0 aromatic heterocycles. The first-order valence-corrected chi connectivity index (χ1v) is 3.19. The monoisotopic (exact) mass is 115 g/mol. The highest BCUT2D eigenvalue weighted by Crippen LogP contribution is 2.12. The lowest BCUT2D eigenvalue weighted by Crippen LogP contribution is -2.29. The second kappa shape index (κ2) is 2.46. The van der Waals surface area contributed by atoms with E-state index >= 15 is 0 Å². The van der Waals surface area contributed by atoms with Gasteiger partial charge in [-0.1, -0.05) is 6.92 Å². The average Bonchev–Trinajstić information content (AvgIpc) is 2.14. The minimum atomic E-state index is 0.293. The Morgan fingerprint density at radius 2 is 2.50 bits per heavy atom. The molecule has 2 heteroatoms. The second-order valence-electron chi connectivity index (χ2n) is 2.51. The summed E-state index contributed by atoms with van der Waals surface area (Å²) < 4.78 is 0. The van der Waals surface area contributed by atoms with Crippen LogP contribution < -0.4 is 5.32 Å². The molecule has 0 spiro atoms. The normalized spacial score (nSPS) is 38.2. The molecule has 1 saturated heterocycles. The predicted molar refractivity (Wildman–Crippen MR) is 32.7 cm³/mol. The van der Waals surface area contributed by atoms with Gasteiger partial charge in [-0.25, -0.2) is 0 Å². The fourth-order valence-electron chi connectivity index (χ4n) is 1.14. The van der Waals surface area contributed by atoms with E-state index in [1.54, 1.807) is 0 Å². The highest BCUT2D eigenvalue weighted by atomic mass is 16.3. The van der Waals surface area contributed by atoms with E-state index in [-0.39, 0.29) is 0 Å².